The number of rotatable bonds is 1. The van der Waals surface area contributed by atoms with Gasteiger partial charge in [0.1, 0.15) is 0 Å². The highest BCUT2D eigenvalue weighted by atomic mass is 16.5. The molecule has 3 saturated carbocycles. The molecule has 2 nitrogen and oxygen atoms in total. The molecule has 5 aliphatic rings. The Hall–Kier alpha value is -0.890. The monoisotopic (exact) mass is 340 g/mol. The number of fused-ring (bicyclic) bond motifs is 6. The normalized spacial score (nSPS) is 48.9. The fraction of sp³-hybridized carbons (Fsp3) is 0.783. The first-order valence-corrected chi connectivity index (χ1v) is 10.7. The zero-order chi connectivity index (χ0) is 17.2. The number of carbonyl (C=O) groups excluding carboxylic acids is 1. The van der Waals surface area contributed by atoms with Crippen LogP contribution in [0.5, 0.6) is 0 Å². The average Bonchev–Trinajstić information content (AvgIpc) is 3.22. The second-order valence-corrected chi connectivity index (χ2v) is 9.49. The zero-order valence-electron chi connectivity index (χ0n) is 15.7. The van der Waals surface area contributed by atoms with E-state index in [0.29, 0.717) is 17.1 Å². The smallest absolute Gasteiger partial charge is 0.156 e. The predicted octanol–water partition coefficient (Wildman–Crippen LogP) is 5.23. The van der Waals surface area contributed by atoms with Gasteiger partial charge in [-0.3, -0.25) is 4.79 Å². The lowest BCUT2D eigenvalue weighted by Crippen LogP contribution is -2.54. The Bertz CT molecular complexity index is 638. The molecule has 0 aromatic carbocycles. The second kappa shape index (κ2) is 5.55. The van der Waals surface area contributed by atoms with Crippen molar-refractivity contribution in [1.82, 2.24) is 0 Å². The maximum absolute atomic E-state index is 11.9. The molecular formula is C23H32O2. The lowest BCUT2D eigenvalue weighted by molar-refractivity contribution is -0.137. The van der Waals surface area contributed by atoms with E-state index in [1.807, 2.05) is 6.08 Å². The molecule has 0 amide bonds. The summed E-state index contributed by atoms with van der Waals surface area (Å²) in [6.07, 6.45) is 14.0. The number of hydrogen-bond acceptors (Lipinski definition) is 2. The predicted molar refractivity (Wildman–Crippen MR) is 99.2 cm³/mol. The van der Waals surface area contributed by atoms with Gasteiger partial charge in [0.2, 0.25) is 0 Å². The van der Waals surface area contributed by atoms with Crippen LogP contribution in [0.3, 0.4) is 0 Å². The third kappa shape index (κ3) is 2.04. The van der Waals surface area contributed by atoms with Gasteiger partial charge in [0.25, 0.3) is 0 Å². The summed E-state index contributed by atoms with van der Waals surface area (Å²) in [7, 11) is 0. The standard InChI is InChI=1S/C23H32O2/c1-3-22-10-7-18-17-6-5-16(24)14-19(17)15(2)13-20(18)21(22)8-11-23(22)9-4-12-25-23/h14,17-18,20-21H,2-13H2,1H3/t17-,18?,20?,21?,22+,23+/m1/s1. The number of ketones is 1. The van der Waals surface area contributed by atoms with E-state index in [1.165, 1.54) is 56.1 Å². The minimum absolute atomic E-state index is 0.192. The Morgan fingerprint density at radius 3 is 2.84 bits per heavy atom. The molecule has 1 saturated heterocycles. The summed E-state index contributed by atoms with van der Waals surface area (Å²) in [5, 5.41) is 0. The lowest BCUT2D eigenvalue weighted by Gasteiger charge is -2.57. The van der Waals surface area contributed by atoms with Crippen molar-refractivity contribution in [3.8, 4) is 0 Å². The Labute approximate surface area is 152 Å². The molecule has 0 aromatic heterocycles. The van der Waals surface area contributed by atoms with Crippen molar-refractivity contribution in [3.05, 3.63) is 23.8 Å². The molecule has 0 N–H and O–H groups in total. The second-order valence-electron chi connectivity index (χ2n) is 9.49. The average molecular weight is 341 g/mol. The SMILES string of the molecule is C=C1CC2C(CC[C@@]3(CC)C2CC[C@@]32CCCO2)[C@H]2CCC(=O)C=C12. The van der Waals surface area contributed by atoms with Crippen molar-refractivity contribution in [2.75, 3.05) is 6.61 Å². The van der Waals surface area contributed by atoms with Crippen molar-refractivity contribution in [3.63, 3.8) is 0 Å². The van der Waals surface area contributed by atoms with E-state index in [4.69, 9.17) is 4.74 Å². The molecule has 4 aliphatic carbocycles. The van der Waals surface area contributed by atoms with E-state index in [0.717, 1.165) is 43.6 Å². The summed E-state index contributed by atoms with van der Waals surface area (Å²) in [6, 6.07) is 0. The lowest BCUT2D eigenvalue weighted by atomic mass is 9.48. The largest absolute Gasteiger partial charge is 0.374 e. The molecular weight excluding hydrogens is 308 g/mol. The number of allylic oxidation sites excluding steroid dienone is 2. The van der Waals surface area contributed by atoms with Gasteiger partial charge in [0.15, 0.2) is 5.78 Å². The van der Waals surface area contributed by atoms with E-state index >= 15 is 0 Å². The molecule has 6 atom stereocenters. The molecule has 2 heteroatoms. The first kappa shape index (κ1) is 16.3. The van der Waals surface area contributed by atoms with Crippen LogP contribution in [0, 0.1) is 29.1 Å². The molecule has 1 spiro atoms. The summed E-state index contributed by atoms with van der Waals surface area (Å²) >= 11 is 0. The van der Waals surface area contributed by atoms with E-state index in [-0.39, 0.29) is 5.60 Å². The molecule has 136 valence electrons. The van der Waals surface area contributed by atoms with E-state index < -0.39 is 0 Å². The van der Waals surface area contributed by atoms with Gasteiger partial charge in [0, 0.05) is 18.4 Å². The van der Waals surface area contributed by atoms with Crippen molar-refractivity contribution in [2.24, 2.45) is 29.1 Å². The minimum Gasteiger partial charge on any atom is -0.374 e. The summed E-state index contributed by atoms with van der Waals surface area (Å²) < 4.78 is 6.51. The third-order valence-corrected chi connectivity index (χ3v) is 9.03. The fourth-order valence-electron chi connectivity index (χ4n) is 8.08. The van der Waals surface area contributed by atoms with Crippen LogP contribution < -0.4 is 0 Å². The first-order valence-electron chi connectivity index (χ1n) is 10.7. The molecule has 25 heavy (non-hydrogen) atoms. The fourth-order valence-corrected chi connectivity index (χ4v) is 8.08. The molecule has 0 radical (unpaired) electrons. The molecule has 0 aromatic rings. The van der Waals surface area contributed by atoms with Crippen LogP contribution in [0.4, 0.5) is 0 Å². The molecule has 3 unspecified atom stereocenters. The van der Waals surface area contributed by atoms with Gasteiger partial charge in [-0.25, -0.2) is 0 Å². The summed E-state index contributed by atoms with van der Waals surface area (Å²) in [5.74, 6) is 3.31. The van der Waals surface area contributed by atoms with Crippen molar-refractivity contribution < 1.29 is 9.53 Å². The molecule has 1 aliphatic heterocycles. The highest BCUT2D eigenvalue weighted by Crippen LogP contribution is 2.69. The van der Waals surface area contributed by atoms with Gasteiger partial charge in [-0.2, -0.15) is 0 Å². The molecule has 4 fully saturated rings. The summed E-state index contributed by atoms with van der Waals surface area (Å²) in [4.78, 5) is 11.9. The highest BCUT2D eigenvalue weighted by molar-refractivity contribution is 5.92. The summed E-state index contributed by atoms with van der Waals surface area (Å²) in [5.41, 5.74) is 3.21. The van der Waals surface area contributed by atoms with Crippen LogP contribution >= 0.6 is 0 Å². The molecule has 1 heterocycles. The minimum atomic E-state index is 0.192. The van der Waals surface area contributed by atoms with Gasteiger partial charge in [-0.05, 0) is 93.1 Å². The number of carbonyl (C=O) groups is 1. The van der Waals surface area contributed by atoms with Crippen LogP contribution in [-0.4, -0.2) is 18.0 Å². The highest BCUT2D eigenvalue weighted by Gasteiger charge is 2.65. The van der Waals surface area contributed by atoms with Gasteiger partial charge in [-0.1, -0.05) is 19.1 Å². The zero-order valence-corrected chi connectivity index (χ0v) is 15.7. The van der Waals surface area contributed by atoms with Gasteiger partial charge < -0.3 is 4.74 Å². The van der Waals surface area contributed by atoms with Crippen molar-refractivity contribution >= 4 is 5.78 Å². The maximum Gasteiger partial charge on any atom is 0.156 e. The quantitative estimate of drug-likeness (QED) is 0.653. The van der Waals surface area contributed by atoms with Gasteiger partial charge in [-0.15, -0.1) is 0 Å². The summed E-state index contributed by atoms with van der Waals surface area (Å²) in [6.45, 7) is 7.82. The van der Waals surface area contributed by atoms with Crippen LogP contribution in [0.25, 0.3) is 0 Å². The topological polar surface area (TPSA) is 26.3 Å². The van der Waals surface area contributed by atoms with E-state index in [9.17, 15) is 4.79 Å². The third-order valence-electron chi connectivity index (χ3n) is 9.03. The number of hydrogen-bond donors (Lipinski definition) is 0. The van der Waals surface area contributed by atoms with Crippen LogP contribution in [0.15, 0.2) is 23.8 Å². The Kier molecular flexibility index (Phi) is 3.62. The van der Waals surface area contributed by atoms with Crippen molar-refractivity contribution in [2.45, 2.75) is 76.7 Å². The number of ether oxygens (including phenoxy) is 1. The molecule has 0 bridgehead atoms. The van der Waals surface area contributed by atoms with Crippen LogP contribution in [0.1, 0.15) is 71.1 Å². The Balaban J connectivity index is 1.51. The first-order chi connectivity index (χ1) is 12.1. The molecule has 5 rings (SSSR count). The van der Waals surface area contributed by atoms with Gasteiger partial charge >= 0.3 is 0 Å². The van der Waals surface area contributed by atoms with Crippen molar-refractivity contribution in [1.29, 1.82) is 0 Å². The van der Waals surface area contributed by atoms with E-state index in [1.54, 1.807) is 0 Å². The Morgan fingerprint density at radius 1 is 1.20 bits per heavy atom. The van der Waals surface area contributed by atoms with Crippen LogP contribution in [-0.2, 0) is 9.53 Å². The Morgan fingerprint density at radius 2 is 2.08 bits per heavy atom. The van der Waals surface area contributed by atoms with Crippen LogP contribution in [0.2, 0.25) is 0 Å². The van der Waals surface area contributed by atoms with Gasteiger partial charge in [0.05, 0.1) is 5.60 Å². The van der Waals surface area contributed by atoms with E-state index in [2.05, 4.69) is 13.5 Å². The maximum atomic E-state index is 11.9.